The van der Waals surface area contributed by atoms with Gasteiger partial charge < -0.3 is 15.0 Å². The summed E-state index contributed by atoms with van der Waals surface area (Å²) in [5.74, 6) is -0.176. The van der Waals surface area contributed by atoms with Crippen LogP contribution in [0.3, 0.4) is 0 Å². The second kappa shape index (κ2) is 8.27. The molecule has 0 aromatic heterocycles. The highest BCUT2D eigenvalue weighted by molar-refractivity contribution is 5.85. The van der Waals surface area contributed by atoms with E-state index in [4.69, 9.17) is 4.74 Å². The third-order valence-corrected chi connectivity index (χ3v) is 4.85. The lowest BCUT2D eigenvalue weighted by atomic mass is 9.81. The molecule has 0 radical (unpaired) electrons. The van der Waals surface area contributed by atoms with E-state index in [0.29, 0.717) is 32.6 Å². The first-order valence-electron chi connectivity index (χ1n) is 8.55. The van der Waals surface area contributed by atoms with Crippen LogP contribution in [-0.2, 0) is 16.0 Å². The summed E-state index contributed by atoms with van der Waals surface area (Å²) in [5, 5.41) is 12.5. The zero-order chi connectivity index (χ0) is 17.6. The fraction of sp³-hybridized carbons (Fsp3) is 0.579. The Morgan fingerprint density at radius 2 is 1.96 bits per heavy atom. The van der Waals surface area contributed by atoms with Gasteiger partial charge in [0.15, 0.2) is 0 Å². The molecule has 1 unspecified atom stereocenters. The summed E-state index contributed by atoms with van der Waals surface area (Å²) in [6, 6.07) is 10.8. The minimum absolute atomic E-state index is 0.0791. The van der Waals surface area contributed by atoms with Gasteiger partial charge in [0.1, 0.15) is 5.41 Å². The number of nitrogens with zero attached hydrogens (tertiary/aromatic N) is 2. The summed E-state index contributed by atoms with van der Waals surface area (Å²) in [6.45, 7) is 3.56. The Labute approximate surface area is 144 Å². The number of likely N-dealkylation sites (N-methyl/N-ethyl adjacent to an activating group) is 1. The van der Waals surface area contributed by atoms with Crippen molar-refractivity contribution in [3.8, 4) is 6.07 Å². The van der Waals surface area contributed by atoms with Crippen LogP contribution in [0.4, 0.5) is 0 Å². The van der Waals surface area contributed by atoms with Gasteiger partial charge in [-0.05, 0) is 44.5 Å². The molecule has 1 atom stereocenters. The van der Waals surface area contributed by atoms with Crippen LogP contribution < -0.4 is 5.32 Å². The summed E-state index contributed by atoms with van der Waals surface area (Å²) in [5.41, 5.74) is 1.52. The number of hydrogen-bond acceptors (Lipinski definition) is 4. The number of benzene rings is 1. The molecule has 5 heteroatoms. The maximum atomic E-state index is 12.6. The fourth-order valence-corrected chi connectivity index (χ4v) is 3.04. The largest absolute Gasteiger partial charge is 0.381 e. The van der Waals surface area contributed by atoms with Crippen molar-refractivity contribution in [2.24, 2.45) is 5.41 Å². The van der Waals surface area contributed by atoms with E-state index in [1.54, 1.807) is 0 Å². The molecule has 1 aliphatic heterocycles. The predicted molar refractivity (Wildman–Crippen MR) is 93.4 cm³/mol. The van der Waals surface area contributed by atoms with E-state index in [0.717, 1.165) is 12.0 Å². The van der Waals surface area contributed by atoms with E-state index in [1.807, 2.05) is 14.1 Å². The van der Waals surface area contributed by atoms with Gasteiger partial charge in [0.2, 0.25) is 5.91 Å². The molecule has 24 heavy (non-hydrogen) atoms. The monoisotopic (exact) mass is 329 g/mol. The van der Waals surface area contributed by atoms with Crippen LogP contribution in [0.2, 0.25) is 0 Å². The number of ether oxygens (including phenoxy) is 1. The van der Waals surface area contributed by atoms with Crippen molar-refractivity contribution < 1.29 is 9.53 Å². The van der Waals surface area contributed by atoms with E-state index in [2.05, 4.69) is 47.5 Å². The molecule has 5 nitrogen and oxygen atoms in total. The summed E-state index contributed by atoms with van der Waals surface area (Å²) < 4.78 is 5.29. The van der Waals surface area contributed by atoms with Gasteiger partial charge in [0, 0.05) is 19.8 Å². The van der Waals surface area contributed by atoms with Crippen LogP contribution >= 0.6 is 0 Å². The lowest BCUT2D eigenvalue weighted by Crippen LogP contribution is -2.46. The van der Waals surface area contributed by atoms with Crippen molar-refractivity contribution in [3.05, 3.63) is 35.4 Å². The highest BCUT2D eigenvalue weighted by Gasteiger charge is 2.40. The Kier molecular flexibility index (Phi) is 6.36. The van der Waals surface area contributed by atoms with Gasteiger partial charge in [-0.25, -0.2) is 0 Å². The Morgan fingerprint density at radius 3 is 2.46 bits per heavy atom. The van der Waals surface area contributed by atoms with Crippen LogP contribution in [0, 0.1) is 16.7 Å². The lowest BCUT2D eigenvalue weighted by molar-refractivity contribution is -0.132. The van der Waals surface area contributed by atoms with Crippen molar-refractivity contribution in [3.63, 3.8) is 0 Å². The van der Waals surface area contributed by atoms with Gasteiger partial charge >= 0.3 is 0 Å². The van der Waals surface area contributed by atoms with Crippen molar-refractivity contribution >= 4 is 5.91 Å². The Balaban J connectivity index is 2.05. The SMILES string of the molecule is CCc1ccc(C(CNC(=O)C2(C#N)CCOCC2)N(C)C)cc1. The molecule has 130 valence electrons. The van der Waals surface area contributed by atoms with E-state index in [-0.39, 0.29) is 11.9 Å². The minimum Gasteiger partial charge on any atom is -0.381 e. The van der Waals surface area contributed by atoms with Crippen LogP contribution in [0.15, 0.2) is 24.3 Å². The smallest absolute Gasteiger partial charge is 0.240 e. The molecule has 1 aliphatic rings. The average Bonchev–Trinajstić information content (AvgIpc) is 2.62. The molecule has 0 spiro atoms. The quantitative estimate of drug-likeness (QED) is 0.869. The maximum Gasteiger partial charge on any atom is 0.240 e. The summed E-state index contributed by atoms with van der Waals surface area (Å²) in [7, 11) is 4.00. The zero-order valence-corrected chi connectivity index (χ0v) is 14.8. The van der Waals surface area contributed by atoms with Crippen LogP contribution in [0.25, 0.3) is 0 Å². The Hall–Kier alpha value is -1.90. The number of carbonyl (C=O) groups excluding carboxylic acids is 1. The number of nitrogens with one attached hydrogen (secondary N) is 1. The second-order valence-corrected chi connectivity index (χ2v) is 6.59. The number of amides is 1. The predicted octanol–water partition coefficient (Wildman–Crippen LogP) is 2.29. The van der Waals surface area contributed by atoms with Gasteiger partial charge in [-0.2, -0.15) is 5.26 Å². The average molecular weight is 329 g/mol. The number of carbonyl (C=O) groups is 1. The summed E-state index contributed by atoms with van der Waals surface area (Å²) >= 11 is 0. The van der Waals surface area contributed by atoms with Crippen LogP contribution in [-0.4, -0.2) is 44.7 Å². The molecule has 0 bridgehead atoms. The van der Waals surface area contributed by atoms with Crippen molar-refractivity contribution in [1.82, 2.24) is 10.2 Å². The van der Waals surface area contributed by atoms with Crippen LogP contribution in [0.5, 0.6) is 0 Å². The molecule has 2 rings (SSSR count). The Bertz CT molecular complexity index is 584. The van der Waals surface area contributed by atoms with Gasteiger partial charge in [-0.15, -0.1) is 0 Å². The van der Waals surface area contributed by atoms with Gasteiger partial charge in [0.25, 0.3) is 0 Å². The fourth-order valence-electron chi connectivity index (χ4n) is 3.04. The van der Waals surface area contributed by atoms with E-state index >= 15 is 0 Å². The third-order valence-electron chi connectivity index (χ3n) is 4.85. The lowest BCUT2D eigenvalue weighted by Gasteiger charge is -2.31. The standard InChI is InChI=1S/C19H27N3O2/c1-4-15-5-7-16(8-6-15)17(22(2)3)13-21-18(23)19(14-20)9-11-24-12-10-19/h5-8,17H,4,9-13H2,1-3H3,(H,21,23). The molecule has 0 aliphatic carbocycles. The molecular formula is C19H27N3O2. The molecule has 1 N–H and O–H groups in total. The Morgan fingerprint density at radius 1 is 1.33 bits per heavy atom. The highest BCUT2D eigenvalue weighted by atomic mass is 16.5. The molecule has 0 saturated carbocycles. The van der Waals surface area contributed by atoms with E-state index in [1.165, 1.54) is 5.56 Å². The first-order valence-corrected chi connectivity index (χ1v) is 8.55. The zero-order valence-electron chi connectivity index (χ0n) is 14.8. The molecule has 1 saturated heterocycles. The topological polar surface area (TPSA) is 65.4 Å². The molecule has 1 fully saturated rings. The van der Waals surface area contributed by atoms with Crippen molar-refractivity contribution in [2.45, 2.75) is 32.2 Å². The van der Waals surface area contributed by atoms with Crippen molar-refractivity contribution in [2.75, 3.05) is 33.9 Å². The van der Waals surface area contributed by atoms with Crippen molar-refractivity contribution in [1.29, 1.82) is 5.26 Å². The van der Waals surface area contributed by atoms with E-state index in [9.17, 15) is 10.1 Å². The molecule has 1 heterocycles. The third kappa shape index (κ3) is 4.14. The second-order valence-electron chi connectivity index (χ2n) is 6.59. The van der Waals surface area contributed by atoms with Crippen LogP contribution in [0.1, 0.15) is 36.9 Å². The first kappa shape index (κ1) is 18.4. The minimum atomic E-state index is -0.943. The summed E-state index contributed by atoms with van der Waals surface area (Å²) in [4.78, 5) is 14.7. The van der Waals surface area contributed by atoms with Gasteiger partial charge in [-0.3, -0.25) is 4.79 Å². The maximum absolute atomic E-state index is 12.6. The van der Waals surface area contributed by atoms with Gasteiger partial charge in [-0.1, -0.05) is 31.2 Å². The molecule has 1 amide bonds. The van der Waals surface area contributed by atoms with Gasteiger partial charge in [0.05, 0.1) is 12.1 Å². The highest BCUT2D eigenvalue weighted by Crippen LogP contribution is 2.30. The molecule has 1 aromatic carbocycles. The molecule has 1 aromatic rings. The number of aryl methyl sites for hydroxylation is 1. The first-order chi connectivity index (χ1) is 11.5. The normalized spacial score (nSPS) is 18.0. The number of hydrogen-bond donors (Lipinski definition) is 1. The number of rotatable bonds is 6. The number of nitriles is 1. The summed E-state index contributed by atoms with van der Waals surface area (Å²) in [6.07, 6.45) is 1.94. The van der Waals surface area contributed by atoms with E-state index < -0.39 is 5.41 Å². The molecular weight excluding hydrogens is 302 g/mol.